The lowest BCUT2D eigenvalue weighted by Gasteiger charge is -2.00. The highest BCUT2D eigenvalue weighted by Gasteiger charge is 1.95. The number of allylic oxidation sites excluding steroid dienone is 6. The first-order valence-electron chi connectivity index (χ1n) is 9.02. The van der Waals surface area contributed by atoms with E-state index in [9.17, 15) is 4.79 Å². The molecule has 0 atom stereocenters. The number of unbranched alkanes of at least 4 members (excludes halogenated alkanes) is 6. The van der Waals surface area contributed by atoms with Crippen LogP contribution in [-0.2, 0) is 9.53 Å². The van der Waals surface area contributed by atoms with E-state index in [1.165, 1.54) is 25.7 Å². The van der Waals surface area contributed by atoms with Gasteiger partial charge in [-0.25, -0.2) is 4.79 Å². The highest BCUT2D eigenvalue weighted by atomic mass is 16.5. The summed E-state index contributed by atoms with van der Waals surface area (Å²) in [4.78, 5) is 10.2. The molecule has 0 aromatic heterocycles. The van der Waals surface area contributed by atoms with Crippen LogP contribution in [-0.4, -0.2) is 24.3 Å². The Morgan fingerprint density at radius 3 is 1.96 bits per heavy atom. The van der Waals surface area contributed by atoms with Gasteiger partial charge in [-0.15, -0.1) is 0 Å². The third-order valence-corrected chi connectivity index (χ3v) is 3.40. The van der Waals surface area contributed by atoms with Gasteiger partial charge in [0, 0.05) is 6.61 Å². The van der Waals surface area contributed by atoms with Crippen LogP contribution in [0.15, 0.2) is 36.5 Å². The van der Waals surface area contributed by atoms with Gasteiger partial charge in [-0.3, -0.25) is 0 Å². The lowest BCUT2D eigenvalue weighted by Crippen LogP contribution is -2.07. The predicted molar refractivity (Wildman–Crippen MR) is 97.7 cm³/mol. The number of ether oxygens (including phenoxy) is 1. The van der Waals surface area contributed by atoms with Gasteiger partial charge in [-0.1, -0.05) is 62.6 Å². The maximum absolute atomic E-state index is 10.2. The summed E-state index contributed by atoms with van der Waals surface area (Å²) in [6.07, 6.45) is 24.8. The average Bonchev–Trinajstić information content (AvgIpc) is 2.53. The van der Waals surface area contributed by atoms with Crippen LogP contribution in [0.25, 0.3) is 0 Å². The monoisotopic (exact) mass is 322 g/mol. The zero-order valence-corrected chi connectivity index (χ0v) is 14.7. The molecule has 0 saturated heterocycles. The number of carboxylic acid groups (broad SMARTS) is 1. The molecule has 0 aromatic rings. The van der Waals surface area contributed by atoms with Crippen LogP contribution in [0.3, 0.4) is 0 Å². The second-order valence-electron chi connectivity index (χ2n) is 5.68. The molecule has 23 heavy (non-hydrogen) atoms. The van der Waals surface area contributed by atoms with Crippen LogP contribution in [0.1, 0.15) is 71.1 Å². The smallest absolute Gasteiger partial charge is 0.329 e. The molecule has 0 aromatic carbocycles. The zero-order chi connectivity index (χ0) is 17.0. The molecule has 0 radical (unpaired) electrons. The first-order chi connectivity index (χ1) is 11.3. The van der Waals surface area contributed by atoms with E-state index >= 15 is 0 Å². The van der Waals surface area contributed by atoms with Crippen molar-refractivity contribution in [2.75, 3.05) is 13.2 Å². The normalized spacial score (nSPS) is 12.0. The molecule has 0 fully saturated rings. The van der Waals surface area contributed by atoms with Gasteiger partial charge in [0.25, 0.3) is 0 Å². The molecule has 3 heteroatoms. The Morgan fingerprint density at radius 2 is 1.39 bits per heavy atom. The minimum Gasteiger partial charge on any atom is -0.480 e. The first-order valence-corrected chi connectivity index (χ1v) is 9.02. The topological polar surface area (TPSA) is 46.5 Å². The first kappa shape index (κ1) is 21.6. The van der Waals surface area contributed by atoms with Crippen molar-refractivity contribution in [3.63, 3.8) is 0 Å². The van der Waals surface area contributed by atoms with Crippen LogP contribution in [0.5, 0.6) is 0 Å². The van der Waals surface area contributed by atoms with Gasteiger partial charge in [0.2, 0.25) is 0 Å². The fourth-order valence-electron chi connectivity index (χ4n) is 2.09. The summed E-state index contributed by atoms with van der Waals surface area (Å²) in [6.45, 7) is 2.60. The molecule has 0 aliphatic rings. The Morgan fingerprint density at radius 1 is 0.826 bits per heavy atom. The van der Waals surface area contributed by atoms with E-state index in [0.29, 0.717) is 6.61 Å². The Bertz CT molecular complexity index is 343. The molecule has 0 saturated carbocycles. The largest absolute Gasteiger partial charge is 0.480 e. The highest BCUT2D eigenvalue weighted by Crippen LogP contribution is 2.03. The van der Waals surface area contributed by atoms with Crippen molar-refractivity contribution in [2.45, 2.75) is 71.1 Å². The van der Waals surface area contributed by atoms with Gasteiger partial charge in [0.1, 0.15) is 6.61 Å². The minimum absolute atomic E-state index is 0.180. The summed E-state index contributed by atoms with van der Waals surface area (Å²) in [7, 11) is 0. The predicted octanol–water partition coefficient (Wildman–Crippen LogP) is 5.68. The molecule has 132 valence electrons. The molecule has 0 unspecified atom stereocenters. The average molecular weight is 322 g/mol. The summed E-state index contributed by atoms with van der Waals surface area (Å²) in [5, 5.41) is 8.41. The molecular weight excluding hydrogens is 288 g/mol. The minimum atomic E-state index is -0.895. The van der Waals surface area contributed by atoms with Gasteiger partial charge >= 0.3 is 5.97 Å². The molecule has 0 aliphatic carbocycles. The van der Waals surface area contributed by atoms with Crippen molar-refractivity contribution in [1.29, 1.82) is 0 Å². The van der Waals surface area contributed by atoms with E-state index in [0.717, 1.165) is 38.5 Å². The van der Waals surface area contributed by atoms with E-state index in [2.05, 4.69) is 43.4 Å². The van der Waals surface area contributed by atoms with Crippen LogP contribution >= 0.6 is 0 Å². The van der Waals surface area contributed by atoms with E-state index in [1.54, 1.807) is 0 Å². The number of rotatable bonds is 16. The van der Waals surface area contributed by atoms with Gasteiger partial charge in [-0.05, 0) is 44.9 Å². The zero-order valence-electron chi connectivity index (χ0n) is 14.7. The maximum atomic E-state index is 10.2. The molecule has 0 heterocycles. The molecule has 0 amide bonds. The number of hydrogen-bond acceptors (Lipinski definition) is 2. The van der Waals surface area contributed by atoms with E-state index in [-0.39, 0.29) is 6.61 Å². The van der Waals surface area contributed by atoms with Crippen molar-refractivity contribution < 1.29 is 14.6 Å². The number of hydrogen-bond donors (Lipinski definition) is 1. The molecule has 0 bridgehead atoms. The Hall–Kier alpha value is -1.35. The van der Waals surface area contributed by atoms with Crippen LogP contribution in [0, 0.1) is 0 Å². The summed E-state index contributed by atoms with van der Waals surface area (Å²) in [5.41, 5.74) is 0. The van der Waals surface area contributed by atoms with Crippen LogP contribution < -0.4 is 0 Å². The molecule has 0 spiro atoms. The van der Waals surface area contributed by atoms with Crippen LogP contribution in [0.2, 0.25) is 0 Å². The number of aliphatic carboxylic acids is 1. The fraction of sp³-hybridized carbons (Fsp3) is 0.650. The lowest BCUT2D eigenvalue weighted by molar-refractivity contribution is -0.142. The molecular formula is C20H34O3. The number of carboxylic acids is 1. The molecule has 0 rings (SSSR count). The molecule has 1 N–H and O–H groups in total. The van der Waals surface area contributed by atoms with Crippen LogP contribution in [0.4, 0.5) is 0 Å². The van der Waals surface area contributed by atoms with Gasteiger partial charge in [0.15, 0.2) is 0 Å². The SMILES string of the molecule is CCCCCC=CCC=CC/C=C\CCCCCOCC(=O)O. The van der Waals surface area contributed by atoms with E-state index in [1.807, 2.05) is 0 Å². The molecule has 0 aliphatic heterocycles. The van der Waals surface area contributed by atoms with Gasteiger partial charge < -0.3 is 9.84 Å². The van der Waals surface area contributed by atoms with Gasteiger partial charge in [-0.2, -0.15) is 0 Å². The standard InChI is InChI=1S/C20H34O3/c1-2-3-4-5-6-7-8-9-10-11-12-13-14-15-16-17-18-23-19-20(21)22/h6-7,9-10,12-13H,2-5,8,11,14-19H2,1H3,(H,21,22)/b7-6?,10-9?,13-12-. The second kappa shape index (κ2) is 18.7. The fourth-order valence-corrected chi connectivity index (χ4v) is 2.09. The maximum Gasteiger partial charge on any atom is 0.329 e. The Labute approximate surface area is 142 Å². The Kier molecular flexibility index (Phi) is 17.6. The number of carbonyl (C=O) groups is 1. The molecule has 3 nitrogen and oxygen atoms in total. The van der Waals surface area contributed by atoms with Crippen molar-refractivity contribution in [2.24, 2.45) is 0 Å². The summed E-state index contributed by atoms with van der Waals surface area (Å²) in [5.74, 6) is -0.895. The van der Waals surface area contributed by atoms with Crippen molar-refractivity contribution in [3.8, 4) is 0 Å². The highest BCUT2D eigenvalue weighted by molar-refractivity contribution is 5.67. The van der Waals surface area contributed by atoms with Gasteiger partial charge in [0.05, 0.1) is 0 Å². The lowest BCUT2D eigenvalue weighted by atomic mass is 10.2. The van der Waals surface area contributed by atoms with E-state index < -0.39 is 5.97 Å². The Balaban J connectivity index is 3.27. The quantitative estimate of drug-likeness (QED) is 0.294. The third-order valence-electron chi connectivity index (χ3n) is 3.40. The summed E-state index contributed by atoms with van der Waals surface area (Å²) >= 11 is 0. The third kappa shape index (κ3) is 20.6. The second-order valence-corrected chi connectivity index (χ2v) is 5.68. The summed E-state index contributed by atoms with van der Waals surface area (Å²) < 4.78 is 4.98. The van der Waals surface area contributed by atoms with E-state index in [4.69, 9.17) is 9.84 Å². The van der Waals surface area contributed by atoms with Crippen molar-refractivity contribution in [3.05, 3.63) is 36.5 Å². The summed E-state index contributed by atoms with van der Waals surface area (Å²) in [6, 6.07) is 0. The van der Waals surface area contributed by atoms with Crippen molar-refractivity contribution >= 4 is 5.97 Å². The van der Waals surface area contributed by atoms with Crippen molar-refractivity contribution in [1.82, 2.24) is 0 Å².